The van der Waals surface area contributed by atoms with Gasteiger partial charge in [0.2, 0.25) is 11.7 Å². The van der Waals surface area contributed by atoms with Crippen LogP contribution in [-0.4, -0.2) is 35.2 Å². The van der Waals surface area contributed by atoms with Gasteiger partial charge in [-0.05, 0) is 30.7 Å². The third-order valence-corrected chi connectivity index (χ3v) is 5.02. The lowest BCUT2D eigenvalue weighted by Gasteiger charge is -2.23. The molecule has 0 spiro atoms. The Labute approximate surface area is 177 Å². The average molecular weight is 413 g/mol. The number of carbonyl (C=O) groups is 1. The fourth-order valence-corrected chi connectivity index (χ4v) is 3.50. The molecule has 0 atom stereocenters. The Morgan fingerprint density at radius 1 is 1.13 bits per heavy atom. The molecule has 0 unspecified atom stereocenters. The molecule has 4 heterocycles. The first kappa shape index (κ1) is 18.7. The number of hydrogen-bond donors (Lipinski definition) is 0. The molecule has 154 valence electrons. The molecule has 4 aromatic heterocycles. The minimum absolute atomic E-state index is 0.226. The van der Waals surface area contributed by atoms with E-state index in [4.69, 9.17) is 4.52 Å². The molecule has 0 aliphatic carbocycles. The van der Waals surface area contributed by atoms with Gasteiger partial charge in [-0.15, -0.1) is 0 Å². The highest BCUT2D eigenvalue weighted by atomic mass is 16.5. The van der Waals surface area contributed by atoms with E-state index in [0.717, 1.165) is 11.1 Å². The summed E-state index contributed by atoms with van der Waals surface area (Å²) in [6, 6.07) is 11.3. The number of anilines is 2. The van der Waals surface area contributed by atoms with Crippen molar-refractivity contribution in [3.63, 3.8) is 0 Å². The summed E-state index contributed by atoms with van der Waals surface area (Å²) in [5.41, 5.74) is 4.14. The zero-order chi connectivity index (χ0) is 21.5. The number of imidazole rings is 1. The average Bonchev–Trinajstić information content (AvgIpc) is 3.49. The van der Waals surface area contributed by atoms with E-state index in [1.165, 1.54) is 0 Å². The van der Waals surface area contributed by atoms with Gasteiger partial charge in [0, 0.05) is 31.9 Å². The van der Waals surface area contributed by atoms with Gasteiger partial charge in [-0.2, -0.15) is 10.1 Å². The Bertz CT molecular complexity index is 1410. The summed E-state index contributed by atoms with van der Waals surface area (Å²) >= 11 is 0. The molecular formula is C22H19N7O2. The molecule has 0 saturated heterocycles. The van der Waals surface area contributed by atoms with E-state index in [0.29, 0.717) is 34.4 Å². The molecule has 31 heavy (non-hydrogen) atoms. The van der Waals surface area contributed by atoms with Crippen LogP contribution in [0.15, 0.2) is 65.7 Å². The van der Waals surface area contributed by atoms with Crippen molar-refractivity contribution in [2.24, 2.45) is 7.05 Å². The standard InChI is InChI=1S/C22H19N7O2/c1-14-7-8-16(21-25-15(2)31-26-21)10-18(14)29(17-11-24-27(3)13-17)22(30)19-12-23-20-6-4-5-9-28(19)20/h4-13H,1-3H3. The summed E-state index contributed by atoms with van der Waals surface area (Å²) in [7, 11) is 1.81. The van der Waals surface area contributed by atoms with Gasteiger partial charge in [0.15, 0.2) is 0 Å². The first-order valence-corrected chi connectivity index (χ1v) is 9.68. The van der Waals surface area contributed by atoms with Gasteiger partial charge in [-0.1, -0.05) is 23.4 Å². The maximum Gasteiger partial charge on any atom is 0.281 e. The van der Waals surface area contributed by atoms with Crippen molar-refractivity contribution in [3.8, 4) is 11.4 Å². The molecule has 0 aliphatic heterocycles. The topological polar surface area (TPSA) is 94.3 Å². The van der Waals surface area contributed by atoms with Crippen molar-refractivity contribution in [1.82, 2.24) is 29.3 Å². The maximum absolute atomic E-state index is 13.8. The van der Waals surface area contributed by atoms with Crippen molar-refractivity contribution in [2.45, 2.75) is 13.8 Å². The summed E-state index contributed by atoms with van der Waals surface area (Å²) in [4.78, 5) is 24.1. The number of fused-ring (bicyclic) bond motifs is 1. The Balaban J connectivity index is 1.68. The molecule has 1 aromatic carbocycles. The van der Waals surface area contributed by atoms with Crippen molar-refractivity contribution in [2.75, 3.05) is 4.90 Å². The first-order chi connectivity index (χ1) is 15.0. The van der Waals surface area contributed by atoms with Gasteiger partial charge in [0.1, 0.15) is 11.3 Å². The molecule has 0 N–H and O–H groups in total. The summed E-state index contributed by atoms with van der Waals surface area (Å²) in [5, 5.41) is 8.27. The highest BCUT2D eigenvalue weighted by Gasteiger charge is 2.26. The zero-order valence-corrected chi connectivity index (χ0v) is 17.2. The summed E-state index contributed by atoms with van der Waals surface area (Å²) in [6.07, 6.45) is 6.86. The van der Waals surface area contributed by atoms with Crippen LogP contribution in [0.3, 0.4) is 0 Å². The monoisotopic (exact) mass is 413 g/mol. The quantitative estimate of drug-likeness (QED) is 0.446. The van der Waals surface area contributed by atoms with Crippen LogP contribution in [0.5, 0.6) is 0 Å². The number of aryl methyl sites for hydroxylation is 3. The van der Waals surface area contributed by atoms with Crippen LogP contribution in [-0.2, 0) is 7.05 Å². The highest BCUT2D eigenvalue weighted by Crippen LogP contribution is 2.33. The largest absolute Gasteiger partial charge is 0.339 e. The van der Waals surface area contributed by atoms with Gasteiger partial charge in [-0.3, -0.25) is 18.8 Å². The molecule has 0 fully saturated rings. The van der Waals surface area contributed by atoms with Crippen molar-refractivity contribution in [3.05, 3.63) is 78.3 Å². The number of nitrogens with zero attached hydrogens (tertiary/aromatic N) is 7. The van der Waals surface area contributed by atoms with Crippen LogP contribution in [0.4, 0.5) is 11.4 Å². The van der Waals surface area contributed by atoms with Crippen molar-refractivity contribution in [1.29, 1.82) is 0 Å². The Kier molecular flexibility index (Phi) is 4.36. The third kappa shape index (κ3) is 3.25. The summed E-state index contributed by atoms with van der Waals surface area (Å²) in [6.45, 7) is 3.69. The molecular weight excluding hydrogens is 394 g/mol. The van der Waals surface area contributed by atoms with Crippen LogP contribution in [0.1, 0.15) is 21.9 Å². The predicted molar refractivity (Wildman–Crippen MR) is 114 cm³/mol. The summed E-state index contributed by atoms with van der Waals surface area (Å²) < 4.78 is 8.56. The second-order valence-corrected chi connectivity index (χ2v) is 7.22. The van der Waals surface area contributed by atoms with E-state index in [9.17, 15) is 4.79 Å². The SMILES string of the molecule is Cc1nc(-c2ccc(C)c(N(C(=O)c3cnc4ccccn34)c3cnn(C)c3)c2)no1. The number of carbonyl (C=O) groups excluding carboxylic acids is 1. The summed E-state index contributed by atoms with van der Waals surface area (Å²) in [5.74, 6) is 0.714. The number of rotatable bonds is 4. The van der Waals surface area contributed by atoms with Gasteiger partial charge in [0.25, 0.3) is 5.91 Å². The Morgan fingerprint density at radius 3 is 2.74 bits per heavy atom. The first-order valence-electron chi connectivity index (χ1n) is 9.68. The van der Waals surface area contributed by atoms with E-state index in [2.05, 4.69) is 20.2 Å². The van der Waals surface area contributed by atoms with Crippen molar-refractivity contribution < 1.29 is 9.32 Å². The number of benzene rings is 1. The van der Waals surface area contributed by atoms with Crippen LogP contribution >= 0.6 is 0 Å². The van der Waals surface area contributed by atoms with Gasteiger partial charge < -0.3 is 4.52 Å². The number of aromatic nitrogens is 6. The van der Waals surface area contributed by atoms with E-state index < -0.39 is 0 Å². The lowest BCUT2D eigenvalue weighted by atomic mass is 10.1. The molecule has 9 heteroatoms. The Morgan fingerprint density at radius 2 is 2.00 bits per heavy atom. The third-order valence-electron chi connectivity index (χ3n) is 5.02. The maximum atomic E-state index is 13.8. The molecule has 9 nitrogen and oxygen atoms in total. The highest BCUT2D eigenvalue weighted by molar-refractivity contribution is 6.10. The van der Waals surface area contributed by atoms with E-state index in [-0.39, 0.29) is 5.91 Å². The van der Waals surface area contributed by atoms with E-state index >= 15 is 0 Å². The molecule has 0 saturated carbocycles. The van der Waals surface area contributed by atoms with Gasteiger partial charge >= 0.3 is 0 Å². The predicted octanol–water partition coefficient (Wildman–Crippen LogP) is 3.71. The van der Waals surface area contributed by atoms with Crippen LogP contribution in [0.25, 0.3) is 17.0 Å². The zero-order valence-electron chi connectivity index (χ0n) is 17.2. The Hall–Kier alpha value is -4.27. The molecule has 0 bridgehead atoms. The number of amides is 1. The fourth-order valence-electron chi connectivity index (χ4n) is 3.50. The normalized spacial score (nSPS) is 11.2. The number of pyridine rings is 1. The van der Waals surface area contributed by atoms with Crippen LogP contribution < -0.4 is 4.90 Å². The lowest BCUT2D eigenvalue weighted by molar-refractivity contribution is 0.0993. The van der Waals surface area contributed by atoms with E-state index in [1.54, 1.807) is 39.5 Å². The van der Waals surface area contributed by atoms with Crippen molar-refractivity contribution >= 4 is 22.9 Å². The molecule has 5 rings (SSSR count). The molecule has 0 radical (unpaired) electrons. The van der Waals surface area contributed by atoms with Gasteiger partial charge in [0.05, 0.1) is 23.8 Å². The fraction of sp³-hybridized carbons (Fsp3) is 0.136. The minimum Gasteiger partial charge on any atom is -0.339 e. The lowest BCUT2D eigenvalue weighted by Crippen LogP contribution is -2.27. The minimum atomic E-state index is -0.226. The van der Waals surface area contributed by atoms with E-state index in [1.807, 2.05) is 56.6 Å². The number of hydrogen-bond acceptors (Lipinski definition) is 6. The van der Waals surface area contributed by atoms with Gasteiger partial charge in [-0.25, -0.2) is 4.98 Å². The van der Waals surface area contributed by atoms with Crippen LogP contribution in [0, 0.1) is 13.8 Å². The smallest absolute Gasteiger partial charge is 0.281 e. The molecule has 5 aromatic rings. The second kappa shape index (κ2) is 7.21. The molecule has 1 amide bonds. The van der Waals surface area contributed by atoms with Crippen LogP contribution in [0.2, 0.25) is 0 Å². The molecule has 0 aliphatic rings. The second-order valence-electron chi connectivity index (χ2n) is 7.22.